The number of nitrogens with two attached hydrogens (primary N) is 1. The fourth-order valence-corrected chi connectivity index (χ4v) is 3.75. The Morgan fingerprint density at radius 3 is 2.42 bits per heavy atom. The van der Waals surface area contributed by atoms with Crippen LogP contribution in [0.5, 0.6) is 0 Å². The lowest BCUT2D eigenvalue weighted by atomic mass is 9.70. The summed E-state index contributed by atoms with van der Waals surface area (Å²) in [4.78, 5) is 0. The fourth-order valence-electron chi connectivity index (χ4n) is 3.75. The van der Waals surface area contributed by atoms with Gasteiger partial charge in [0.1, 0.15) is 0 Å². The van der Waals surface area contributed by atoms with Crippen molar-refractivity contribution in [3.63, 3.8) is 0 Å². The zero-order chi connectivity index (χ0) is 14.0. The molecule has 0 aromatic heterocycles. The Kier molecular flexibility index (Phi) is 4.35. The molecule has 0 saturated heterocycles. The average Bonchev–Trinajstić information content (AvgIpc) is 2.26. The molecular weight excluding hydrogens is 230 g/mol. The van der Waals surface area contributed by atoms with Gasteiger partial charge >= 0.3 is 0 Å². The SMILES string of the molecule is Cc1cc(C)cc(CC2(N)CCCC(C(C)C)C2)c1. The summed E-state index contributed by atoms with van der Waals surface area (Å²) in [5.41, 5.74) is 10.9. The first kappa shape index (κ1) is 14.6. The summed E-state index contributed by atoms with van der Waals surface area (Å²) in [5, 5.41) is 0. The van der Waals surface area contributed by atoms with Crippen LogP contribution in [-0.4, -0.2) is 5.54 Å². The zero-order valence-electron chi connectivity index (χ0n) is 13.0. The van der Waals surface area contributed by atoms with Gasteiger partial charge in [0.15, 0.2) is 0 Å². The molecule has 0 spiro atoms. The van der Waals surface area contributed by atoms with E-state index in [1.165, 1.54) is 42.4 Å². The minimum atomic E-state index is 0.0213. The van der Waals surface area contributed by atoms with Crippen LogP contribution in [0.1, 0.15) is 56.2 Å². The van der Waals surface area contributed by atoms with E-state index in [1.807, 2.05) is 0 Å². The second-order valence-corrected chi connectivity index (χ2v) is 7.14. The second-order valence-electron chi connectivity index (χ2n) is 7.14. The Balaban J connectivity index is 2.12. The van der Waals surface area contributed by atoms with E-state index in [-0.39, 0.29) is 5.54 Å². The van der Waals surface area contributed by atoms with E-state index in [1.54, 1.807) is 0 Å². The monoisotopic (exact) mass is 259 g/mol. The van der Waals surface area contributed by atoms with Crippen molar-refractivity contribution in [3.05, 3.63) is 34.9 Å². The molecule has 1 saturated carbocycles. The van der Waals surface area contributed by atoms with E-state index in [0.717, 1.165) is 18.3 Å². The highest BCUT2D eigenvalue weighted by Crippen LogP contribution is 2.36. The summed E-state index contributed by atoms with van der Waals surface area (Å²) in [7, 11) is 0. The molecule has 2 N–H and O–H groups in total. The smallest absolute Gasteiger partial charge is 0.0197 e. The summed E-state index contributed by atoms with van der Waals surface area (Å²) in [6.45, 7) is 9.04. The molecule has 0 aliphatic heterocycles. The molecule has 1 aliphatic rings. The molecule has 19 heavy (non-hydrogen) atoms. The van der Waals surface area contributed by atoms with Gasteiger partial charge in [0.25, 0.3) is 0 Å². The molecule has 0 amide bonds. The third-order valence-corrected chi connectivity index (χ3v) is 4.70. The molecule has 2 unspecified atom stereocenters. The summed E-state index contributed by atoms with van der Waals surface area (Å²) < 4.78 is 0. The molecular formula is C18H29N. The van der Waals surface area contributed by atoms with Gasteiger partial charge in [0.05, 0.1) is 0 Å². The lowest BCUT2D eigenvalue weighted by Crippen LogP contribution is -2.47. The zero-order valence-corrected chi connectivity index (χ0v) is 13.0. The maximum atomic E-state index is 6.72. The predicted molar refractivity (Wildman–Crippen MR) is 83.3 cm³/mol. The molecule has 0 heterocycles. The standard InChI is InChI=1S/C18H29N/c1-13(2)17-6-5-7-18(19,12-17)11-16-9-14(3)8-15(4)10-16/h8-10,13,17H,5-7,11-12,19H2,1-4H3. The minimum Gasteiger partial charge on any atom is -0.325 e. The van der Waals surface area contributed by atoms with Crippen LogP contribution in [0.3, 0.4) is 0 Å². The Hall–Kier alpha value is -0.820. The third-order valence-electron chi connectivity index (χ3n) is 4.70. The normalized spacial score (nSPS) is 27.8. The molecule has 1 nitrogen and oxygen atoms in total. The van der Waals surface area contributed by atoms with Gasteiger partial charge in [0.2, 0.25) is 0 Å². The van der Waals surface area contributed by atoms with Gasteiger partial charge in [-0.3, -0.25) is 0 Å². The second kappa shape index (κ2) is 5.66. The number of benzene rings is 1. The Bertz CT molecular complexity index is 415. The highest BCUT2D eigenvalue weighted by molar-refractivity contribution is 5.30. The molecule has 1 aliphatic carbocycles. The Morgan fingerprint density at radius 1 is 1.21 bits per heavy atom. The molecule has 1 aromatic rings. The highest BCUT2D eigenvalue weighted by atomic mass is 14.7. The molecule has 2 atom stereocenters. The van der Waals surface area contributed by atoms with Crippen molar-refractivity contribution in [1.29, 1.82) is 0 Å². The van der Waals surface area contributed by atoms with E-state index in [0.29, 0.717) is 0 Å². The first-order valence-corrected chi connectivity index (χ1v) is 7.74. The van der Waals surface area contributed by atoms with Crippen LogP contribution in [0.2, 0.25) is 0 Å². The van der Waals surface area contributed by atoms with Crippen molar-refractivity contribution in [2.75, 3.05) is 0 Å². The van der Waals surface area contributed by atoms with Crippen LogP contribution < -0.4 is 5.73 Å². The van der Waals surface area contributed by atoms with Crippen molar-refractivity contribution in [1.82, 2.24) is 0 Å². The molecule has 1 aromatic carbocycles. The lowest BCUT2D eigenvalue weighted by molar-refractivity contribution is 0.182. The summed E-state index contributed by atoms with van der Waals surface area (Å²) in [6.07, 6.45) is 6.08. The van der Waals surface area contributed by atoms with Crippen LogP contribution in [-0.2, 0) is 6.42 Å². The van der Waals surface area contributed by atoms with Gasteiger partial charge in [-0.05, 0) is 50.5 Å². The minimum absolute atomic E-state index is 0.0213. The van der Waals surface area contributed by atoms with Gasteiger partial charge in [-0.15, -0.1) is 0 Å². The molecule has 2 rings (SSSR count). The summed E-state index contributed by atoms with van der Waals surface area (Å²) >= 11 is 0. The topological polar surface area (TPSA) is 26.0 Å². The Labute approximate surface area is 118 Å². The van der Waals surface area contributed by atoms with E-state index in [2.05, 4.69) is 45.9 Å². The van der Waals surface area contributed by atoms with Crippen molar-refractivity contribution in [3.8, 4) is 0 Å². The molecule has 0 radical (unpaired) electrons. The van der Waals surface area contributed by atoms with E-state index < -0.39 is 0 Å². The third kappa shape index (κ3) is 3.82. The van der Waals surface area contributed by atoms with Crippen LogP contribution in [0.15, 0.2) is 18.2 Å². The van der Waals surface area contributed by atoms with Crippen molar-refractivity contribution >= 4 is 0 Å². The number of hydrogen-bond acceptors (Lipinski definition) is 1. The quantitative estimate of drug-likeness (QED) is 0.856. The van der Waals surface area contributed by atoms with Crippen LogP contribution >= 0.6 is 0 Å². The summed E-state index contributed by atoms with van der Waals surface area (Å²) in [6, 6.07) is 6.85. The van der Waals surface area contributed by atoms with E-state index in [9.17, 15) is 0 Å². The first-order valence-electron chi connectivity index (χ1n) is 7.74. The largest absolute Gasteiger partial charge is 0.325 e. The highest BCUT2D eigenvalue weighted by Gasteiger charge is 2.33. The average molecular weight is 259 g/mol. The van der Waals surface area contributed by atoms with Crippen LogP contribution in [0.25, 0.3) is 0 Å². The molecule has 1 heteroatoms. The summed E-state index contributed by atoms with van der Waals surface area (Å²) in [5.74, 6) is 1.58. The molecule has 1 fully saturated rings. The number of rotatable bonds is 3. The van der Waals surface area contributed by atoms with Gasteiger partial charge in [0, 0.05) is 5.54 Å². The fraction of sp³-hybridized carbons (Fsp3) is 0.667. The van der Waals surface area contributed by atoms with E-state index >= 15 is 0 Å². The van der Waals surface area contributed by atoms with Crippen molar-refractivity contribution in [2.45, 2.75) is 65.3 Å². The Morgan fingerprint density at radius 2 is 1.84 bits per heavy atom. The van der Waals surface area contributed by atoms with Gasteiger partial charge in [-0.2, -0.15) is 0 Å². The van der Waals surface area contributed by atoms with Crippen molar-refractivity contribution in [2.24, 2.45) is 17.6 Å². The first-order chi connectivity index (χ1) is 8.88. The molecule has 0 bridgehead atoms. The van der Waals surface area contributed by atoms with E-state index in [4.69, 9.17) is 5.73 Å². The van der Waals surface area contributed by atoms with Crippen LogP contribution in [0, 0.1) is 25.7 Å². The van der Waals surface area contributed by atoms with Crippen LogP contribution in [0.4, 0.5) is 0 Å². The lowest BCUT2D eigenvalue weighted by Gasteiger charge is -2.40. The van der Waals surface area contributed by atoms with Crippen molar-refractivity contribution < 1.29 is 0 Å². The predicted octanol–water partition coefficient (Wildman–Crippen LogP) is 4.39. The van der Waals surface area contributed by atoms with Gasteiger partial charge in [-0.1, -0.05) is 56.0 Å². The van der Waals surface area contributed by atoms with Gasteiger partial charge < -0.3 is 5.73 Å². The maximum Gasteiger partial charge on any atom is 0.0197 e. The van der Waals surface area contributed by atoms with Gasteiger partial charge in [-0.25, -0.2) is 0 Å². The number of aryl methyl sites for hydroxylation is 2. The molecule has 106 valence electrons. The maximum absolute atomic E-state index is 6.72. The number of hydrogen-bond donors (Lipinski definition) is 1.